The molecule has 0 radical (unpaired) electrons. The van der Waals surface area contributed by atoms with Gasteiger partial charge in [0, 0.05) is 36.1 Å². The smallest absolute Gasteiger partial charge is 0.293 e. The Hall–Kier alpha value is -3.86. The number of ether oxygens (including phenoxy) is 1. The number of nitrogens with one attached hydrogen (secondary N) is 2. The van der Waals surface area contributed by atoms with Crippen LogP contribution in [0, 0.1) is 5.92 Å². The van der Waals surface area contributed by atoms with Crippen LogP contribution in [0.1, 0.15) is 23.3 Å². The van der Waals surface area contributed by atoms with Gasteiger partial charge in [-0.15, -0.1) is 11.3 Å². The van der Waals surface area contributed by atoms with Crippen LogP contribution in [-0.2, 0) is 16.1 Å². The van der Waals surface area contributed by atoms with E-state index in [2.05, 4.69) is 30.6 Å². The quantitative estimate of drug-likeness (QED) is 0.396. The van der Waals surface area contributed by atoms with Crippen LogP contribution >= 0.6 is 11.3 Å². The van der Waals surface area contributed by atoms with Gasteiger partial charge in [0.25, 0.3) is 12.4 Å². The molecule has 10 nitrogen and oxygen atoms in total. The molecule has 0 saturated heterocycles. The molecule has 0 bridgehead atoms. The number of carbonyl (C=O) groups excluding carboxylic acids is 2. The lowest BCUT2D eigenvalue weighted by Gasteiger charge is -2.33. The molecule has 0 atom stereocenters. The van der Waals surface area contributed by atoms with Gasteiger partial charge in [-0.2, -0.15) is 10.2 Å². The third kappa shape index (κ3) is 4.14. The molecule has 5 rings (SSSR count). The molecule has 4 heterocycles. The molecule has 0 aromatic carbocycles. The van der Waals surface area contributed by atoms with Crippen molar-refractivity contribution in [3.05, 3.63) is 54.1 Å². The molecule has 1 fully saturated rings. The molecule has 32 heavy (non-hydrogen) atoms. The topological polar surface area (TPSA) is 128 Å². The van der Waals surface area contributed by atoms with E-state index < -0.39 is 0 Å². The normalized spacial score (nSPS) is 17.5. The summed E-state index contributed by atoms with van der Waals surface area (Å²) >= 11 is 1.37. The van der Waals surface area contributed by atoms with Crippen molar-refractivity contribution in [1.29, 1.82) is 0 Å². The number of thiazole rings is 1. The first-order chi connectivity index (χ1) is 15.7. The van der Waals surface area contributed by atoms with Gasteiger partial charge in [-0.1, -0.05) is 6.07 Å². The fourth-order valence-corrected chi connectivity index (χ4v) is 4.42. The summed E-state index contributed by atoms with van der Waals surface area (Å²) in [4.78, 5) is 32.2. The molecule has 1 amide bonds. The van der Waals surface area contributed by atoms with Gasteiger partial charge in [0.05, 0.1) is 17.6 Å². The molecular weight excluding hydrogens is 430 g/mol. The van der Waals surface area contributed by atoms with E-state index in [4.69, 9.17) is 4.74 Å². The monoisotopic (exact) mass is 449 g/mol. The standard InChI is InChI=1S/C21H19N7O3S/c29-12-31-15-5-13(6-15)9-28-10-17(19(27-28)16-3-1-2-4-22-16)25-20(30)18-11-32-21(26-18)14-7-23-24-8-14/h1-4,7-8,10-13,15H,5-6,9H2,(H,23,24)(H,25,30)/t13-,15-. The van der Waals surface area contributed by atoms with E-state index >= 15 is 0 Å². The lowest BCUT2D eigenvalue weighted by Crippen LogP contribution is -2.33. The van der Waals surface area contributed by atoms with Gasteiger partial charge in [-0.3, -0.25) is 24.4 Å². The lowest BCUT2D eigenvalue weighted by atomic mass is 9.82. The van der Waals surface area contributed by atoms with Crippen molar-refractivity contribution in [2.75, 3.05) is 5.32 Å². The van der Waals surface area contributed by atoms with E-state index in [9.17, 15) is 9.59 Å². The van der Waals surface area contributed by atoms with Crippen molar-refractivity contribution in [2.45, 2.75) is 25.5 Å². The number of aromatic nitrogens is 6. The number of nitrogens with zero attached hydrogens (tertiary/aromatic N) is 5. The van der Waals surface area contributed by atoms with Crippen molar-refractivity contribution in [3.63, 3.8) is 0 Å². The minimum absolute atomic E-state index is 0.0171. The van der Waals surface area contributed by atoms with Crippen LogP contribution in [0.5, 0.6) is 0 Å². The van der Waals surface area contributed by atoms with E-state index in [0.29, 0.717) is 46.7 Å². The highest BCUT2D eigenvalue weighted by Crippen LogP contribution is 2.33. The lowest BCUT2D eigenvalue weighted by molar-refractivity contribution is -0.140. The van der Waals surface area contributed by atoms with Gasteiger partial charge < -0.3 is 10.1 Å². The van der Waals surface area contributed by atoms with E-state index in [0.717, 1.165) is 18.4 Å². The Labute approximate surface area is 186 Å². The molecule has 4 aromatic heterocycles. The molecule has 162 valence electrons. The highest BCUT2D eigenvalue weighted by Gasteiger charge is 2.31. The van der Waals surface area contributed by atoms with Crippen LogP contribution in [0.3, 0.4) is 0 Å². The average Bonchev–Trinajstić information content (AvgIpc) is 3.53. The van der Waals surface area contributed by atoms with Crippen LogP contribution < -0.4 is 5.32 Å². The molecule has 0 unspecified atom stereocenters. The molecule has 4 aromatic rings. The fourth-order valence-electron chi connectivity index (χ4n) is 3.64. The number of hydrogen-bond donors (Lipinski definition) is 2. The molecule has 2 N–H and O–H groups in total. The molecule has 0 spiro atoms. The van der Waals surface area contributed by atoms with Crippen molar-refractivity contribution >= 4 is 29.4 Å². The molecule has 11 heteroatoms. The van der Waals surface area contributed by atoms with Gasteiger partial charge in [0.15, 0.2) is 0 Å². The summed E-state index contributed by atoms with van der Waals surface area (Å²) in [5.74, 6) is 0.0341. The number of carbonyl (C=O) groups is 2. The first kappa shape index (κ1) is 20.1. The van der Waals surface area contributed by atoms with Crippen molar-refractivity contribution in [3.8, 4) is 22.0 Å². The Balaban J connectivity index is 1.35. The van der Waals surface area contributed by atoms with Crippen LogP contribution in [0.4, 0.5) is 5.69 Å². The van der Waals surface area contributed by atoms with E-state index in [1.807, 2.05) is 18.2 Å². The largest absolute Gasteiger partial charge is 0.465 e. The maximum absolute atomic E-state index is 12.9. The van der Waals surface area contributed by atoms with Crippen molar-refractivity contribution < 1.29 is 14.3 Å². The zero-order valence-electron chi connectivity index (χ0n) is 16.8. The molecular formula is C21H19N7O3S. The van der Waals surface area contributed by atoms with Crippen molar-refractivity contribution in [2.24, 2.45) is 5.92 Å². The summed E-state index contributed by atoms with van der Waals surface area (Å²) < 4.78 is 6.79. The molecule has 1 aliphatic carbocycles. The Kier molecular flexibility index (Phi) is 5.46. The summed E-state index contributed by atoms with van der Waals surface area (Å²) in [6.07, 6.45) is 8.47. The van der Waals surface area contributed by atoms with Crippen LogP contribution in [0.2, 0.25) is 0 Å². The summed E-state index contributed by atoms with van der Waals surface area (Å²) in [5, 5.41) is 16.7. The number of hydrogen-bond acceptors (Lipinski definition) is 8. The minimum atomic E-state index is -0.323. The Morgan fingerprint density at radius 3 is 3.03 bits per heavy atom. The SMILES string of the molecule is O=CO[C@H]1C[C@H](Cn2cc(NC(=O)c3csc(-c4cn[nH]c4)n3)c(-c3ccccn3)n2)C1. The summed E-state index contributed by atoms with van der Waals surface area (Å²) in [5.41, 5.74) is 2.96. The number of rotatable bonds is 8. The first-order valence-electron chi connectivity index (χ1n) is 10.0. The average molecular weight is 449 g/mol. The second-order valence-electron chi connectivity index (χ2n) is 7.50. The second kappa shape index (κ2) is 8.71. The number of pyridine rings is 1. The van der Waals surface area contributed by atoms with Crippen LogP contribution in [-0.4, -0.2) is 48.4 Å². The predicted octanol–water partition coefficient (Wildman–Crippen LogP) is 3.00. The number of anilines is 1. The maximum atomic E-state index is 12.9. The summed E-state index contributed by atoms with van der Waals surface area (Å²) in [6.45, 7) is 1.16. The number of H-pyrrole nitrogens is 1. The fraction of sp³-hybridized carbons (Fsp3) is 0.238. The maximum Gasteiger partial charge on any atom is 0.293 e. The van der Waals surface area contributed by atoms with E-state index in [1.165, 1.54) is 11.3 Å². The molecule has 0 aliphatic heterocycles. The Morgan fingerprint density at radius 1 is 1.38 bits per heavy atom. The highest BCUT2D eigenvalue weighted by atomic mass is 32.1. The molecule has 1 aliphatic rings. The van der Waals surface area contributed by atoms with Gasteiger partial charge in [0.1, 0.15) is 22.5 Å². The number of aromatic amines is 1. The second-order valence-corrected chi connectivity index (χ2v) is 8.36. The zero-order chi connectivity index (χ0) is 21.9. The third-order valence-corrected chi connectivity index (χ3v) is 6.18. The van der Waals surface area contributed by atoms with Crippen LogP contribution in [0.25, 0.3) is 22.0 Å². The van der Waals surface area contributed by atoms with Gasteiger partial charge in [-0.25, -0.2) is 4.98 Å². The minimum Gasteiger partial charge on any atom is -0.465 e. The summed E-state index contributed by atoms with van der Waals surface area (Å²) in [7, 11) is 0. The third-order valence-electron chi connectivity index (χ3n) is 5.29. The Bertz CT molecular complexity index is 1210. The Morgan fingerprint density at radius 2 is 2.28 bits per heavy atom. The van der Waals surface area contributed by atoms with Gasteiger partial charge >= 0.3 is 0 Å². The van der Waals surface area contributed by atoms with E-state index in [-0.39, 0.29) is 12.0 Å². The predicted molar refractivity (Wildman–Crippen MR) is 117 cm³/mol. The van der Waals surface area contributed by atoms with Gasteiger partial charge in [-0.05, 0) is 30.9 Å². The highest BCUT2D eigenvalue weighted by molar-refractivity contribution is 7.13. The zero-order valence-corrected chi connectivity index (χ0v) is 17.7. The first-order valence-corrected chi connectivity index (χ1v) is 10.9. The number of amides is 1. The van der Waals surface area contributed by atoms with Crippen molar-refractivity contribution in [1.82, 2.24) is 29.9 Å². The summed E-state index contributed by atoms with van der Waals surface area (Å²) in [6, 6.07) is 5.55. The van der Waals surface area contributed by atoms with E-state index in [1.54, 1.807) is 34.8 Å². The molecule has 1 saturated carbocycles. The van der Waals surface area contributed by atoms with Gasteiger partial charge in [0.2, 0.25) is 0 Å². The van der Waals surface area contributed by atoms with Crippen LogP contribution in [0.15, 0.2) is 48.4 Å².